The molecule has 0 aliphatic rings. The average molecular weight is 380 g/mol. The predicted molar refractivity (Wildman–Crippen MR) is 94.2 cm³/mol. The molecular weight excluding hydrogens is 361 g/mol. The Hall–Kier alpha value is -3.03. The van der Waals surface area contributed by atoms with Gasteiger partial charge in [-0.05, 0) is 35.9 Å². The minimum atomic E-state index is -4.50. The van der Waals surface area contributed by atoms with Crippen molar-refractivity contribution in [3.05, 3.63) is 59.7 Å². The molecule has 1 atom stereocenters. The third-order valence-corrected chi connectivity index (χ3v) is 3.76. The molecule has 0 saturated carbocycles. The van der Waals surface area contributed by atoms with E-state index in [0.29, 0.717) is 11.3 Å². The van der Waals surface area contributed by atoms with Gasteiger partial charge < -0.3 is 15.4 Å². The van der Waals surface area contributed by atoms with E-state index in [4.69, 9.17) is 4.74 Å². The Morgan fingerprint density at radius 2 is 1.78 bits per heavy atom. The van der Waals surface area contributed by atoms with Crippen LogP contribution in [-0.4, -0.2) is 18.9 Å². The van der Waals surface area contributed by atoms with Crippen LogP contribution < -0.4 is 15.4 Å². The summed E-state index contributed by atoms with van der Waals surface area (Å²) in [6.45, 7) is 1.32. The third kappa shape index (κ3) is 6.02. The van der Waals surface area contributed by atoms with E-state index < -0.39 is 23.7 Å². The van der Waals surface area contributed by atoms with Crippen LogP contribution in [0.5, 0.6) is 5.75 Å². The first kappa shape index (κ1) is 20.3. The molecule has 2 aromatic rings. The van der Waals surface area contributed by atoms with Gasteiger partial charge in [0, 0.05) is 12.6 Å². The Morgan fingerprint density at radius 1 is 1.11 bits per heavy atom. The Bertz CT molecular complexity index is 805. The van der Waals surface area contributed by atoms with Crippen LogP contribution in [0, 0.1) is 0 Å². The fourth-order valence-electron chi connectivity index (χ4n) is 2.50. The molecule has 0 fully saturated rings. The Labute approximate surface area is 154 Å². The fourth-order valence-corrected chi connectivity index (χ4v) is 2.50. The molecule has 2 amide bonds. The molecule has 0 saturated heterocycles. The van der Waals surface area contributed by atoms with Gasteiger partial charge in [-0.3, -0.25) is 9.59 Å². The largest absolute Gasteiger partial charge is 0.497 e. The lowest BCUT2D eigenvalue weighted by molar-refractivity contribution is -0.137. The van der Waals surface area contributed by atoms with Crippen molar-refractivity contribution < 1.29 is 27.5 Å². The maximum Gasteiger partial charge on any atom is 0.416 e. The van der Waals surface area contributed by atoms with Crippen LogP contribution in [0.1, 0.15) is 30.5 Å². The van der Waals surface area contributed by atoms with Gasteiger partial charge in [-0.25, -0.2) is 0 Å². The van der Waals surface area contributed by atoms with Crippen molar-refractivity contribution in [1.29, 1.82) is 0 Å². The van der Waals surface area contributed by atoms with Gasteiger partial charge >= 0.3 is 6.18 Å². The highest BCUT2D eigenvalue weighted by Gasteiger charge is 2.30. The van der Waals surface area contributed by atoms with Gasteiger partial charge in [-0.1, -0.05) is 18.2 Å². The Kier molecular flexibility index (Phi) is 6.44. The van der Waals surface area contributed by atoms with Crippen molar-refractivity contribution in [2.75, 3.05) is 12.4 Å². The summed E-state index contributed by atoms with van der Waals surface area (Å²) in [5.41, 5.74) is -0.148. The van der Waals surface area contributed by atoms with Crippen LogP contribution in [0.2, 0.25) is 0 Å². The highest BCUT2D eigenvalue weighted by Crippen LogP contribution is 2.30. The number of methoxy groups -OCH3 is 1. The van der Waals surface area contributed by atoms with E-state index in [-0.39, 0.29) is 18.0 Å². The lowest BCUT2D eigenvalue weighted by Crippen LogP contribution is -2.29. The minimum absolute atomic E-state index is 0.0335. The van der Waals surface area contributed by atoms with Crippen LogP contribution >= 0.6 is 0 Å². The zero-order chi connectivity index (χ0) is 20.0. The predicted octanol–water partition coefficient (Wildman–Crippen LogP) is 3.92. The van der Waals surface area contributed by atoms with Crippen LogP contribution in [0.25, 0.3) is 0 Å². The maximum atomic E-state index is 12.8. The van der Waals surface area contributed by atoms with Crippen LogP contribution in [0.4, 0.5) is 18.9 Å². The van der Waals surface area contributed by atoms with E-state index in [1.54, 1.807) is 24.3 Å². The molecule has 0 radical (unpaired) electrons. The fraction of sp³-hybridized carbons (Fsp3) is 0.263. The first-order chi connectivity index (χ1) is 12.7. The van der Waals surface area contributed by atoms with Crippen molar-refractivity contribution in [1.82, 2.24) is 5.32 Å². The summed E-state index contributed by atoms with van der Waals surface area (Å²) in [5, 5.41) is 5.10. The summed E-state index contributed by atoms with van der Waals surface area (Å²) in [6, 6.07) is 10.5. The number of amides is 2. The standard InChI is InChI=1S/C19H19F3N2O3/c1-12(25)23-17(13-6-8-16(27-2)9-7-13)11-18(26)24-15-5-3-4-14(10-15)19(20,21)22/h3-10,17H,11H2,1-2H3,(H,23,25)(H,24,26). The van der Waals surface area contributed by atoms with Crippen molar-refractivity contribution >= 4 is 17.5 Å². The summed E-state index contributed by atoms with van der Waals surface area (Å²) in [4.78, 5) is 23.7. The molecule has 0 aliphatic carbocycles. The zero-order valence-corrected chi connectivity index (χ0v) is 14.8. The molecule has 1 unspecified atom stereocenters. The van der Waals surface area contributed by atoms with Gasteiger partial charge in [0.2, 0.25) is 11.8 Å². The average Bonchev–Trinajstić information content (AvgIpc) is 2.60. The van der Waals surface area contributed by atoms with Crippen LogP contribution in [0.3, 0.4) is 0 Å². The first-order valence-corrected chi connectivity index (χ1v) is 8.07. The highest BCUT2D eigenvalue weighted by molar-refractivity contribution is 5.91. The van der Waals surface area contributed by atoms with Crippen LogP contribution in [-0.2, 0) is 15.8 Å². The molecule has 0 aliphatic heterocycles. The quantitative estimate of drug-likeness (QED) is 0.798. The third-order valence-electron chi connectivity index (χ3n) is 3.76. The maximum absolute atomic E-state index is 12.8. The molecule has 5 nitrogen and oxygen atoms in total. The highest BCUT2D eigenvalue weighted by atomic mass is 19.4. The Morgan fingerprint density at radius 3 is 2.33 bits per heavy atom. The molecule has 0 spiro atoms. The molecule has 144 valence electrons. The minimum Gasteiger partial charge on any atom is -0.497 e. The number of hydrogen-bond acceptors (Lipinski definition) is 3. The van der Waals surface area contributed by atoms with Crippen molar-refractivity contribution in [3.8, 4) is 5.75 Å². The molecular formula is C19H19F3N2O3. The van der Waals surface area contributed by atoms with Crippen LogP contribution in [0.15, 0.2) is 48.5 Å². The summed E-state index contributed by atoms with van der Waals surface area (Å²) in [7, 11) is 1.52. The number of hydrogen-bond donors (Lipinski definition) is 2. The number of rotatable bonds is 6. The number of nitrogens with one attached hydrogen (secondary N) is 2. The summed E-state index contributed by atoms with van der Waals surface area (Å²) < 4.78 is 43.4. The summed E-state index contributed by atoms with van der Waals surface area (Å²) in [6.07, 6.45) is -4.63. The zero-order valence-electron chi connectivity index (χ0n) is 14.8. The first-order valence-electron chi connectivity index (χ1n) is 8.07. The number of alkyl halides is 3. The number of anilines is 1. The van der Waals surface area contributed by atoms with Gasteiger partial charge in [-0.2, -0.15) is 13.2 Å². The number of benzene rings is 2. The SMILES string of the molecule is COc1ccc(C(CC(=O)Nc2cccc(C(F)(F)F)c2)NC(C)=O)cc1. The van der Waals surface area contributed by atoms with Gasteiger partial charge in [0.25, 0.3) is 0 Å². The van der Waals surface area contributed by atoms with E-state index in [2.05, 4.69) is 10.6 Å². The molecule has 0 heterocycles. The summed E-state index contributed by atoms with van der Waals surface area (Å²) in [5.74, 6) is -0.236. The van der Waals surface area contributed by atoms with E-state index >= 15 is 0 Å². The van der Waals surface area contributed by atoms with E-state index in [9.17, 15) is 22.8 Å². The molecule has 2 rings (SSSR count). The molecule has 27 heavy (non-hydrogen) atoms. The van der Waals surface area contributed by atoms with Gasteiger partial charge in [0.15, 0.2) is 0 Å². The van der Waals surface area contributed by atoms with Gasteiger partial charge in [0.1, 0.15) is 5.75 Å². The lowest BCUT2D eigenvalue weighted by atomic mass is 10.0. The topological polar surface area (TPSA) is 67.4 Å². The van der Waals surface area contributed by atoms with Gasteiger partial charge in [-0.15, -0.1) is 0 Å². The Balaban J connectivity index is 2.12. The number of carbonyl (C=O) groups is 2. The number of ether oxygens (including phenoxy) is 1. The van der Waals surface area contributed by atoms with Crippen molar-refractivity contribution in [2.45, 2.75) is 25.6 Å². The van der Waals surface area contributed by atoms with Crippen molar-refractivity contribution in [3.63, 3.8) is 0 Å². The van der Waals surface area contributed by atoms with E-state index in [1.807, 2.05) is 0 Å². The second-order valence-corrected chi connectivity index (χ2v) is 5.86. The normalized spacial score (nSPS) is 12.2. The number of halogens is 3. The summed E-state index contributed by atoms with van der Waals surface area (Å²) >= 11 is 0. The van der Waals surface area contributed by atoms with Crippen molar-refractivity contribution in [2.24, 2.45) is 0 Å². The second kappa shape index (κ2) is 8.57. The van der Waals surface area contributed by atoms with Gasteiger partial charge in [0.05, 0.1) is 25.1 Å². The molecule has 2 N–H and O–H groups in total. The molecule has 0 bridgehead atoms. The molecule has 2 aromatic carbocycles. The van der Waals surface area contributed by atoms with E-state index in [0.717, 1.165) is 12.1 Å². The smallest absolute Gasteiger partial charge is 0.416 e. The lowest BCUT2D eigenvalue weighted by Gasteiger charge is -2.18. The molecule has 8 heteroatoms. The second-order valence-electron chi connectivity index (χ2n) is 5.86. The molecule has 0 aromatic heterocycles. The van der Waals surface area contributed by atoms with E-state index in [1.165, 1.54) is 26.2 Å². The number of carbonyl (C=O) groups excluding carboxylic acids is 2. The monoisotopic (exact) mass is 380 g/mol.